The Morgan fingerprint density at radius 2 is 2.30 bits per heavy atom. The van der Waals surface area contributed by atoms with E-state index in [2.05, 4.69) is 20.5 Å². The summed E-state index contributed by atoms with van der Waals surface area (Å²) < 4.78 is 26.2. The number of benzene rings is 1. The summed E-state index contributed by atoms with van der Waals surface area (Å²) in [6.45, 7) is 0.409. The van der Waals surface area contributed by atoms with Crippen LogP contribution in [0.3, 0.4) is 0 Å². The van der Waals surface area contributed by atoms with Gasteiger partial charge in [-0.05, 0) is 30.9 Å². The second-order valence-electron chi connectivity index (χ2n) is 5.92. The van der Waals surface area contributed by atoms with E-state index in [0.717, 1.165) is 5.56 Å². The van der Waals surface area contributed by atoms with Crippen LogP contribution in [-0.4, -0.2) is 33.6 Å². The van der Waals surface area contributed by atoms with Crippen molar-refractivity contribution in [2.75, 3.05) is 6.54 Å². The first-order valence-corrected chi connectivity index (χ1v) is 7.65. The van der Waals surface area contributed by atoms with Crippen LogP contribution in [0.4, 0.5) is 8.78 Å². The van der Waals surface area contributed by atoms with Gasteiger partial charge in [0, 0.05) is 30.5 Å². The van der Waals surface area contributed by atoms with Gasteiger partial charge in [-0.1, -0.05) is 12.1 Å². The van der Waals surface area contributed by atoms with Gasteiger partial charge >= 0.3 is 0 Å². The molecule has 1 saturated carbocycles. The SMILES string of the molecule is O=C(NCCC1CCC(F)(F)C1)c1cccc(-c2ncn[nH]2)c1. The molecule has 2 N–H and O–H groups in total. The molecule has 3 rings (SSSR count). The number of nitrogens with zero attached hydrogens (tertiary/aromatic N) is 2. The average Bonchev–Trinajstić information content (AvgIpc) is 3.17. The van der Waals surface area contributed by atoms with Crippen LogP contribution < -0.4 is 5.32 Å². The van der Waals surface area contributed by atoms with Crippen molar-refractivity contribution >= 4 is 5.91 Å². The molecule has 1 aliphatic rings. The zero-order valence-electron chi connectivity index (χ0n) is 12.6. The molecule has 7 heteroatoms. The fourth-order valence-electron chi connectivity index (χ4n) is 2.93. The number of aromatic nitrogens is 3. The van der Waals surface area contributed by atoms with E-state index in [4.69, 9.17) is 0 Å². The Hall–Kier alpha value is -2.31. The van der Waals surface area contributed by atoms with Gasteiger partial charge in [0.15, 0.2) is 5.82 Å². The van der Waals surface area contributed by atoms with E-state index in [1.165, 1.54) is 6.33 Å². The van der Waals surface area contributed by atoms with Crippen molar-refractivity contribution in [3.05, 3.63) is 36.2 Å². The largest absolute Gasteiger partial charge is 0.352 e. The minimum atomic E-state index is -2.53. The molecule has 1 amide bonds. The Morgan fingerprint density at radius 3 is 3.00 bits per heavy atom. The topological polar surface area (TPSA) is 70.7 Å². The lowest BCUT2D eigenvalue weighted by atomic mass is 10.0. The molecule has 5 nitrogen and oxygen atoms in total. The molecule has 0 radical (unpaired) electrons. The summed E-state index contributed by atoms with van der Waals surface area (Å²) in [5.74, 6) is -2.16. The van der Waals surface area contributed by atoms with E-state index in [-0.39, 0.29) is 24.7 Å². The second-order valence-corrected chi connectivity index (χ2v) is 5.92. The number of halogens is 2. The second kappa shape index (κ2) is 6.44. The van der Waals surface area contributed by atoms with E-state index < -0.39 is 5.92 Å². The molecular weight excluding hydrogens is 302 g/mol. The van der Waals surface area contributed by atoms with Gasteiger partial charge in [-0.25, -0.2) is 13.8 Å². The number of H-pyrrole nitrogens is 1. The molecule has 2 aromatic rings. The number of carbonyl (C=O) groups is 1. The van der Waals surface area contributed by atoms with Crippen LogP contribution in [0.1, 0.15) is 36.0 Å². The Bertz CT molecular complexity index is 672. The number of nitrogens with one attached hydrogen (secondary N) is 2. The van der Waals surface area contributed by atoms with E-state index in [0.29, 0.717) is 30.8 Å². The van der Waals surface area contributed by atoms with Gasteiger partial charge < -0.3 is 5.32 Å². The number of rotatable bonds is 5. The first-order valence-electron chi connectivity index (χ1n) is 7.65. The molecule has 1 unspecified atom stereocenters. The predicted molar refractivity (Wildman–Crippen MR) is 81.1 cm³/mol. The van der Waals surface area contributed by atoms with E-state index in [1.54, 1.807) is 18.2 Å². The summed E-state index contributed by atoms with van der Waals surface area (Å²) in [6.07, 6.45) is 2.42. The first kappa shape index (κ1) is 15.6. The quantitative estimate of drug-likeness (QED) is 0.889. The highest BCUT2D eigenvalue weighted by Gasteiger charge is 2.38. The Morgan fingerprint density at radius 1 is 1.43 bits per heavy atom. The van der Waals surface area contributed by atoms with Crippen LogP contribution >= 0.6 is 0 Å². The molecule has 1 heterocycles. The lowest BCUT2D eigenvalue weighted by Gasteiger charge is -2.11. The summed E-state index contributed by atoms with van der Waals surface area (Å²) in [4.78, 5) is 16.2. The molecule has 23 heavy (non-hydrogen) atoms. The summed E-state index contributed by atoms with van der Waals surface area (Å²) >= 11 is 0. The molecule has 0 bridgehead atoms. The molecule has 122 valence electrons. The highest BCUT2D eigenvalue weighted by molar-refractivity contribution is 5.95. The standard InChI is InChI=1S/C16H18F2N4O/c17-16(18)6-4-11(9-16)5-7-19-15(23)13-3-1-2-12(8-13)14-20-10-21-22-14/h1-3,8,10-11H,4-7,9H2,(H,19,23)(H,20,21,22). The summed E-state index contributed by atoms with van der Waals surface area (Å²) in [5, 5.41) is 9.32. The van der Waals surface area contributed by atoms with Gasteiger partial charge in [0.2, 0.25) is 5.92 Å². The average molecular weight is 320 g/mol. The maximum atomic E-state index is 13.1. The van der Waals surface area contributed by atoms with Crippen LogP contribution in [0.15, 0.2) is 30.6 Å². The molecular formula is C16H18F2N4O. The van der Waals surface area contributed by atoms with Gasteiger partial charge in [-0.3, -0.25) is 9.89 Å². The van der Waals surface area contributed by atoms with Gasteiger partial charge in [-0.15, -0.1) is 0 Å². The molecule has 1 aromatic heterocycles. The first-order chi connectivity index (χ1) is 11.0. The summed E-state index contributed by atoms with van der Waals surface area (Å²) in [5.41, 5.74) is 1.28. The Balaban J connectivity index is 1.54. The fraction of sp³-hybridized carbons (Fsp3) is 0.438. The van der Waals surface area contributed by atoms with Crippen LogP contribution in [0.5, 0.6) is 0 Å². The molecule has 1 aliphatic carbocycles. The number of hydrogen-bond donors (Lipinski definition) is 2. The van der Waals surface area contributed by atoms with Crippen molar-refractivity contribution in [2.45, 2.75) is 31.6 Å². The molecule has 1 atom stereocenters. The van der Waals surface area contributed by atoms with Crippen molar-refractivity contribution in [2.24, 2.45) is 5.92 Å². The van der Waals surface area contributed by atoms with Gasteiger partial charge in [0.05, 0.1) is 0 Å². The minimum absolute atomic E-state index is 0.00849. The van der Waals surface area contributed by atoms with Crippen LogP contribution in [0, 0.1) is 5.92 Å². The summed E-state index contributed by atoms with van der Waals surface area (Å²) in [7, 11) is 0. The fourth-order valence-corrected chi connectivity index (χ4v) is 2.93. The smallest absolute Gasteiger partial charge is 0.251 e. The number of amides is 1. The number of alkyl halides is 2. The maximum Gasteiger partial charge on any atom is 0.251 e. The van der Waals surface area contributed by atoms with Crippen molar-refractivity contribution in [1.82, 2.24) is 20.5 Å². The third-order valence-electron chi connectivity index (χ3n) is 4.16. The van der Waals surface area contributed by atoms with E-state index in [1.807, 2.05) is 6.07 Å². The Labute approximate surface area is 132 Å². The number of carbonyl (C=O) groups excluding carboxylic acids is 1. The Kier molecular flexibility index (Phi) is 4.36. The lowest BCUT2D eigenvalue weighted by Crippen LogP contribution is -2.25. The van der Waals surface area contributed by atoms with Gasteiger partial charge in [0.25, 0.3) is 5.91 Å². The number of aromatic amines is 1. The third kappa shape index (κ3) is 3.91. The van der Waals surface area contributed by atoms with Crippen molar-refractivity contribution in [3.63, 3.8) is 0 Å². The van der Waals surface area contributed by atoms with Crippen molar-refractivity contribution in [1.29, 1.82) is 0 Å². The molecule has 0 saturated heterocycles. The van der Waals surface area contributed by atoms with E-state index >= 15 is 0 Å². The van der Waals surface area contributed by atoms with Crippen LogP contribution in [0.2, 0.25) is 0 Å². The lowest BCUT2D eigenvalue weighted by molar-refractivity contribution is 0.00478. The number of hydrogen-bond acceptors (Lipinski definition) is 3. The normalized spacial score (nSPS) is 19.7. The van der Waals surface area contributed by atoms with Gasteiger partial charge in [-0.2, -0.15) is 5.10 Å². The summed E-state index contributed by atoms with van der Waals surface area (Å²) in [6, 6.07) is 7.03. The zero-order chi connectivity index (χ0) is 16.3. The predicted octanol–water partition coefficient (Wildman–Crippen LogP) is 3.03. The highest BCUT2D eigenvalue weighted by atomic mass is 19.3. The molecule has 0 spiro atoms. The zero-order valence-corrected chi connectivity index (χ0v) is 12.6. The highest BCUT2D eigenvalue weighted by Crippen LogP contribution is 2.40. The van der Waals surface area contributed by atoms with Crippen molar-refractivity contribution in [3.8, 4) is 11.4 Å². The third-order valence-corrected chi connectivity index (χ3v) is 4.16. The maximum absolute atomic E-state index is 13.1. The molecule has 1 fully saturated rings. The minimum Gasteiger partial charge on any atom is -0.352 e. The van der Waals surface area contributed by atoms with Crippen LogP contribution in [0.25, 0.3) is 11.4 Å². The monoisotopic (exact) mass is 320 g/mol. The van der Waals surface area contributed by atoms with E-state index in [9.17, 15) is 13.6 Å². The van der Waals surface area contributed by atoms with Crippen molar-refractivity contribution < 1.29 is 13.6 Å². The van der Waals surface area contributed by atoms with Crippen LogP contribution in [-0.2, 0) is 0 Å². The molecule has 0 aliphatic heterocycles. The molecule has 1 aromatic carbocycles. The van der Waals surface area contributed by atoms with Gasteiger partial charge in [0.1, 0.15) is 6.33 Å².